The van der Waals surface area contributed by atoms with Crippen molar-refractivity contribution in [1.29, 1.82) is 0 Å². The summed E-state index contributed by atoms with van der Waals surface area (Å²) in [6, 6.07) is 9.15. The van der Waals surface area contributed by atoms with Gasteiger partial charge in [0.25, 0.3) is 0 Å². The van der Waals surface area contributed by atoms with Crippen molar-refractivity contribution in [2.45, 2.75) is 12.8 Å². The number of likely N-dealkylation sites (tertiary alicyclic amines) is 1. The highest BCUT2D eigenvalue weighted by Crippen LogP contribution is 2.19. The molecule has 0 spiro atoms. The first-order chi connectivity index (χ1) is 11.5. The quantitative estimate of drug-likeness (QED) is 0.840. The second-order valence-corrected chi connectivity index (χ2v) is 6.57. The van der Waals surface area contributed by atoms with Crippen LogP contribution in [0.2, 0.25) is 0 Å². The number of carboxylic acids is 1. The molecule has 2 N–H and O–H groups in total. The molecule has 2 aromatic rings. The number of piperidine rings is 1. The number of urea groups is 1. The van der Waals surface area contributed by atoms with Crippen molar-refractivity contribution < 1.29 is 14.7 Å². The monoisotopic (exact) mass is 392 g/mol. The topological polar surface area (TPSA) is 87.5 Å². The van der Waals surface area contributed by atoms with Gasteiger partial charge in [0.05, 0.1) is 11.6 Å². The molecular weight excluding hydrogens is 376 g/mol. The number of carbonyl (C=O) groups is 2. The molecule has 1 aromatic carbocycles. The number of carboxylic acid groups (broad SMARTS) is 1. The van der Waals surface area contributed by atoms with E-state index in [9.17, 15) is 9.59 Å². The zero-order valence-corrected chi connectivity index (χ0v) is 14.4. The van der Waals surface area contributed by atoms with Crippen molar-refractivity contribution in [2.75, 3.05) is 18.4 Å². The third-order valence-electron chi connectivity index (χ3n) is 4.05. The Morgan fingerprint density at radius 3 is 2.46 bits per heavy atom. The molecule has 8 heteroatoms. The van der Waals surface area contributed by atoms with Crippen LogP contribution in [0.25, 0.3) is 5.69 Å². The highest BCUT2D eigenvalue weighted by atomic mass is 79.9. The molecule has 1 aliphatic heterocycles. The highest BCUT2D eigenvalue weighted by Gasteiger charge is 2.27. The van der Waals surface area contributed by atoms with Crippen LogP contribution >= 0.6 is 15.9 Å². The van der Waals surface area contributed by atoms with Gasteiger partial charge >= 0.3 is 12.0 Å². The van der Waals surface area contributed by atoms with Crippen LogP contribution < -0.4 is 5.32 Å². The molecule has 1 aromatic heterocycles. The van der Waals surface area contributed by atoms with Gasteiger partial charge in [0.15, 0.2) is 5.82 Å². The van der Waals surface area contributed by atoms with E-state index in [4.69, 9.17) is 5.11 Å². The largest absolute Gasteiger partial charge is 0.481 e. The van der Waals surface area contributed by atoms with E-state index < -0.39 is 5.97 Å². The fourth-order valence-corrected chi connectivity index (χ4v) is 2.91. The van der Waals surface area contributed by atoms with Gasteiger partial charge < -0.3 is 10.0 Å². The third kappa shape index (κ3) is 3.76. The maximum absolute atomic E-state index is 12.2. The number of nitrogens with zero attached hydrogens (tertiary/aromatic N) is 3. The number of benzene rings is 1. The van der Waals surface area contributed by atoms with Gasteiger partial charge in [0, 0.05) is 29.8 Å². The lowest BCUT2D eigenvalue weighted by atomic mass is 9.97. The van der Waals surface area contributed by atoms with Crippen LogP contribution in [0.1, 0.15) is 12.8 Å². The molecule has 0 bridgehead atoms. The number of halogens is 1. The van der Waals surface area contributed by atoms with E-state index in [0.717, 1.165) is 10.2 Å². The lowest BCUT2D eigenvalue weighted by Gasteiger charge is -2.29. The van der Waals surface area contributed by atoms with Crippen LogP contribution in [-0.4, -0.2) is 44.9 Å². The van der Waals surface area contributed by atoms with Crippen molar-refractivity contribution >= 4 is 33.7 Å². The first-order valence-electron chi connectivity index (χ1n) is 7.63. The van der Waals surface area contributed by atoms with Gasteiger partial charge in [0.1, 0.15) is 0 Å². The van der Waals surface area contributed by atoms with Gasteiger partial charge in [0.2, 0.25) is 0 Å². The van der Waals surface area contributed by atoms with Crippen molar-refractivity contribution in [3.63, 3.8) is 0 Å². The molecule has 1 aliphatic rings. The average molecular weight is 393 g/mol. The molecule has 7 nitrogen and oxygen atoms in total. The Bertz CT molecular complexity index is 736. The Kier molecular flexibility index (Phi) is 4.84. The number of anilines is 1. The fourth-order valence-electron chi connectivity index (χ4n) is 2.65. The van der Waals surface area contributed by atoms with E-state index in [0.29, 0.717) is 31.7 Å². The summed E-state index contributed by atoms with van der Waals surface area (Å²) in [5, 5.41) is 16.1. The molecule has 0 aliphatic carbocycles. The minimum atomic E-state index is -0.789. The predicted molar refractivity (Wildman–Crippen MR) is 92.2 cm³/mol. The minimum Gasteiger partial charge on any atom is -0.481 e. The van der Waals surface area contributed by atoms with Crippen LogP contribution in [0, 0.1) is 5.92 Å². The highest BCUT2D eigenvalue weighted by molar-refractivity contribution is 9.10. The average Bonchev–Trinajstić information content (AvgIpc) is 3.04. The van der Waals surface area contributed by atoms with Gasteiger partial charge in [-0.05, 0) is 37.1 Å². The number of rotatable bonds is 3. The van der Waals surface area contributed by atoms with Gasteiger partial charge in [-0.3, -0.25) is 10.1 Å². The Hall–Kier alpha value is -2.35. The number of nitrogens with one attached hydrogen (secondary N) is 1. The zero-order chi connectivity index (χ0) is 17.1. The van der Waals surface area contributed by atoms with Gasteiger partial charge in [-0.1, -0.05) is 15.9 Å². The Labute approximate surface area is 147 Å². The minimum absolute atomic E-state index is 0.250. The number of amides is 2. The molecule has 3 rings (SSSR count). The fraction of sp³-hybridized carbons (Fsp3) is 0.312. The summed E-state index contributed by atoms with van der Waals surface area (Å²) in [4.78, 5) is 24.8. The lowest BCUT2D eigenvalue weighted by molar-refractivity contribution is -0.143. The van der Waals surface area contributed by atoms with Gasteiger partial charge in [-0.25, -0.2) is 9.48 Å². The van der Waals surface area contributed by atoms with Crippen LogP contribution in [0.4, 0.5) is 10.6 Å². The SMILES string of the molecule is O=C(O)C1CCN(C(=O)Nc2ccn(-c3ccc(Br)cc3)n2)CC1. The Morgan fingerprint density at radius 1 is 1.17 bits per heavy atom. The molecule has 1 saturated heterocycles. The van der Waals surface area contributed by atoms with E-state index in [1.165, 1.54) is 0 Å². The third-order valence-corrected chi connectivity index (χ3v) is 4.58. The first kappa shape index (κ1) is 16.5. The Morgan fingerprint density at radius 2 is 1.83 bits per heavy atom. The molecule has 2 heterocycles. The summed E-state index contributed by atoms with van der Waals surface area (Å²) in [7, 11) is 0. The van der Waals surface area contributed by atoms with Crippen LogP contribution in [0.15, 0.2) is 41.0 Å². The maximum atomic E-state index is 12.2. The Balaban J connectivity index is 1.59. The summed E-state index contributed by atoms with van der Waals surface area (Å²) in [5.41, 5.74) is 0.890. The van der Waals surface area contributed by atoms with E-state index in [1.807, 2.05) is 24.3 Å². The smallest absolute Gasteiger partial charge is 0.323 e. The molecule has 0 unspecified atom stereocenters. The molecule has 126 valence electrons. The van der Waals surface area contributed by atoms with Crippen LogP contribution in [0.3, 0.4) is 0 Å². The summed E-state index contributed by atoms with van der Waals surface area (Å²) >= 11 is 3.38. The van der Waals surface area contributed by atoms with E-state index in [2.05, 4.69) is 26.3 Å². The second kappa shape index (κ2) is 7.04. The molecule has 1 fully saturated rings. The zero-order valence-electron chi connectivity index (χ0n) is 12.9. The molecule has 0 atom stereocenters. The van der Waals surface area contributed by atoms with Crippen molar-refractivity contribution in [2.24, 2.45) is 5.92 Å². The van der Waals surface area contributed by atoms with E-state index in [1.54, 1.807) is 21.8 Å². The van der Waals surface area contributed by atoms with Crippen LogP contribution in [-0.2, 0) is 4.79 Å². The van der Waals surface area contributed by atoms with Crippen molar-refractivity contribution in [3.8, 4) is 5.69 Å². The summed E-state index contributed by atoms with van der Waals surface area (Å²) in [6.45, 7) is 0.881. The van der Waals surface area contributed by atoms with Crippen molar-refractivity contribution in [1.82, 2.24) is 14.7 Å². The molecule has 0 saturated carbocycles. The number of hydrogen-bond acceptors (Lipinski definition) is 3. The van der Waals surface area contributed by atoms with E-state index >= 15 is 0 Å². The molecular formula is C16H17BrN4O3. The second-order valence-electron chi connectivity index (χ2n) is 5.65. The summed E-state index contributed by atoms with van der Waals surface area (Å²) in [5.74, 6) is -0.683. The number of aliphatic carboxylic acids is 1. The predicted octanol–water partition coefficient (Wildman–Crippen LogP) is 2.96. The van der Waals surface area contributed by atoms with E-state index in [-0.39, 0.29) is 11.9 Å². The maximum Gasteiger partial charge on any atom is 0.323 e. The molecule has 0 radical (unpaired) electrons. The number of hydrogen-bond donors (Lipinski definition) is 2. The van der Waals surface area contributed by atoms with Gasteiger partial charge in [-0.2, -0.15) is 0 Å². The van der Waals surface area contributed by atoms with Crippen molar-refractivity contribution in [3.05, 3.63) is 41.0 Å². The number of carbonyl (C=O) groups excluding carboxylic acids is 1. The normalized spacial score (nSPS) is 15.3. The first-order valence-corrected chi connectivity index (χ1v) is 8.42. The lowest BCUT2D eigenvalue weighted by Crippen LogP contribution is -2.42. The van der Waals surface area contributed by atoms with Gasteiger partial charge in [-0.15, -0.1) is 5.10 Å². The van der Waals surface area contributed by atoms with Crippen LogP contribution in [0.5, 0.6) is 0 Å². The summed E-state index contributed by atoms with van der Waals surface area (Å²) < 4.78 is 2.66. The summed E-state index contributed by atoms with van der Waals surface area (Å²) in [6.07, 6.45) is 2.74. The number of aromatic nitrogens is 2. The molecule has 2 amide bonds. The standard InChI is InChI=1S/C16H17BrN4O3/c17-12-1-3-13(4-2-12)21-10-7-14(19-21)18-16(24)20-8-5-11(6-9-20)15(22)23/h1-4,7,10-11H,5-6,8-9H2,(H,22,23)(H,18,19,24). The molecule has 24 heavy (non-hydrogen) atoms.